The van der Waals surface area contributed by atoms with Crippen molar-refractivity contribution in [2.45, 2.75) is 4.34 Å². The van der Waals surface area contributed by atoms with E-state index in [9.17, 15) is 0 Å². The number of aromatic nitrogens is 2. The number of H-pyrrole nitrogens is 1. The molecule has 0 aliphatic rings. The highest BCUT2D eigenvalue weighted by molar-refractivity contribution is 7.98. The van der Waals surface area contributed by atoms with Gasteiger partial charge in [0.2, 0.25) is 0 Å². The molecule has 0 aliphatic heterocycles. The van der Waals surface area contributed by atoms with Gasteiger partial charge in [0.05, 0.1) is 20.4 Å². The van der Waals surface area contributed by atoms with E-state index in [4.69, 9.17) is 12.2 Å². The normalized spacial score (nSPS) is 10.9. The molecule has 7 heteroatoms. The number of hydrogen-bond acceptors (Lipinski definition) is 6. The largest absolute Gasteiger partial charge is 0.337 e. The first kappa shape index (κ1) is 16.6. The fourth-order valence-corrected chi connectivity index (χ4v) is 5.07. The number of aromatic amines is 1. The van der Waals surface area contributed by atoms with Crippen molar-refractivity contribution < 1.29 is 0 Å². The maximum atomic E-state index is 4.98. The monoisotopic (exact) mass is 377 g/mol. The lowest BCUT2D eigenvalue weighted by molar-refractivity contribution is 0.702. The fraction of sp³-hybridized carbons (Fsp3) is 0.125. The van der Waals surface area contributed by atoms with E-state index >= 15 is 0 Å². The van der Waals surface area contributed by atoms with Crippen LogP contribution in [0.2, 0.25) is 0 Å². The average molecular weight is 378 g/mol. The number of hydrogen-bond donors (Lipinski definition) is 1. The number of nitrogens with zero attached hydrogens (tertiary/aromatic N) is 2. The van der Waals surface area contributed by atoms with E-state index in [1.54, 1.807) is 34.6 Å². The first-order valence-electron chi connectivity index (χ1n) is 6.90. The first-order chi connectivity index (χ1) is 11.1. The molecule has 2 aromatic heterocycles. The fourth-order valence-electron chi connectivity index (χ4n) is 1.94. The molecule has 3 nitrogen and oxygen atoms in total. The van der Waals surface area contributed by atoms with Crippen molar-refractivity contribution in [1.29, 1.82) is 0 Å². The third kappa shape index (κ3) is 4.39. The summed E-state index contributed by atoms with van der Waals surface area (Å²) >= 11 is 9.99. The molecule has 118 valence electrons. The maximum absolute atomic E-state index is 4.98. The van der Waals surface area contributed by atoms with Crippen LogP contribution in [0.4, 0.5) is 0 Å². The lowest BCUT2D eigenvalue weighted by Gasteiger charge is -2.02. The summed E-state index contributed by atoms with van der Waals surface area (Å²) < 4.78 is 6.49. The summed E-state index contributed by atoms with van der Waals surface area (Å²) in [7, 11) is 4.05. The van der Waals surface area contributed by atoms with Crippen LogP contribution in [0.15, 0.2) is 52.9 Å². The van der Waals surface area contributed by atoms with E-state index in [0.29, 0.717) is 0 Å². The number of fused-ring (bicyclic) bond motifs is 2. The molecular weight excluding hydrogens is 362 g/mol. The van der Waals surface area contributed by atoms with E-state index in [0.717, 1.165) is 19.3 Å². The molecule has 23 heavy (non-hydrogen) atoms. The molecule has 2 heterocycles. The molecule has 0 amide bonds. The third-order valence-electron chi connectivity index (χ3n) is 2.86. The molecule has 0 aliphatic carbocycles. The van der Waals surface area contributed by atoms with Gasteiger partial charge in [0.15, 0.2) is 8.29 Å². The molecule has 0 fully saturated rings. The average Bonchev–Trinajstić information content (AvgIpc) is 3.08. The van der Waals surface area contributed by atoms with E-state index < -0.39 is 0 Å². The number of para-hydroxylation sites is 2. The standard InChI is InChI=1S/C9H10N2S2.C7H5NS2/c1-11(2)13-9-10-7-5-3-4-6-8(7)12-9;9-7-8-5-3-1-2-4-6(5)10-7/h3-6H,1-2H3;1-4H,(H,8,9). The first-order valence-corrected chi connectivity index (χ1v) is 9.72. The number of rotatable bonds is 2. The number of thiazole rings is 2. The van der Waals surface area contributed by atoms with Crippen LogP contribution in [0, 0.1) is 3.95 Å². The summed E-state index contributed by atoms with van der Waals surface area (Å²) in [5.74, 6) is 0. The summed E-state index contributed by atoms with van der Waals surface area (Å²) in [4.78, 5) is 7.58. The van der Waals surface area contributed by atoms with Gasteiger partial charge in [-0.15, -0.1) is 22.7 Å². The van der Waals surface area contributed by atoms with Crippen molar-refractivity contribution >= 4 is 67.3 Å². The van der Waals surface area contributed by atoms with Crippen LogP contribution >= 0.6 is 46.8 Å². The molecular formula is C16H15N3S4. The minimum atomic E-state index is 0.848. The summed E-state index contributed by atoms with van der Waals surface area (Å²) in [5, 5.41) is 0. The van der Waals surface area contributed by atoms with Crippen molar-refractivity contribution in [3.05, 3.63) is 52.5 Å². The summed E-state index contributed by atoms with van der Waals surface area (Å²) in [6.07, 6.45) is 0. The van der Waals surface area contributed by atoms with Crippen LogP contribution in [0.1, 0.15) is 0 Å². The highest BCUT2D eigenvalue weighted by atomic mass is 32.2. The Morgan fingerprint density at radius 1 is 1.00 bits per heavy atom. The molecule has 4 aromatic rings. The minimum absolute atomic E-state index is 0.848. The predicted molar refractivity (Wildman–Crippen MR) is 106 cm³/mol. The maximum Gasteiger partial charge on any atom is 0.166 e. The van der Waals surface area contributed by atoms with Crippen LogP contribution in [0.5, 0.6) is 0 Å². The van der Waals surface area contributed by atoms with Crippen LogP contribution in [0.3, 0.4) is 0 Å². The second-order valence-electron chi connectivity index (χ2n) is 4.86. The Kier molecular flexibility index (Phi) is 5.45. The SMILES string of the molecule is CN(C)Sc1nc2ccccc2s1.S=c1[nH]c2ccccc2s1. The number of benzene rings is 2. The van der Waals surface area contributed by atoms with Gasteiger partial charge in [-0.05, 0) is 62.5 Å². The van der Waals surface area contributed by atoms with Crippen LogP contribution in [-0.4, -0.2) is 28.4 Å². The lowest BCUT2D eigenvalue weighted by Crippen LogP contribution is -1.97. The Morgan fingerprint density at radius 3 is 2.39 bits per heavy atom. The second-order valence-corrected chi connectivity index (χ2v) is 9.17. The van der Waals surface area contributed by atoms with Crippen molar-refractivity contribution in [3.8, 4) is 0 Å². The Bertz CT molecular complexity index is 899. The van der Waals surface area contributed by atoms with Gasteiger partial charge < -0.3 is 4.98 Å². The summed E-state index contributed by atoms with van der Waals surface area (Å²) in [5.41, 5.74) is 2.23. The van der Waals surface area contributed by atoms with Crippen molar-refractivity contribution in [2.24, 2.45) is 0 Å². The molecule has 1 N–H and O–H groups in total. The Balaban J connectivity index is 0.000000140. The van der Waals surface area contributed by atoms with Gasteiger partial charge in [0.1, 0.15) is 0 Å². The third-order valence-corrected chi connectivity index (χ3v) is 5.99. The molecule has 0 saturated carbocycles. The van der Waals surface area contributed by atoms with Gasteiger partial charge >= 0.3 is 0 Å². The van der Waals surface area contributed by atoms with Gasteiger partial charge in [0, 0.05) is 0 Å². The van der Waals surface area contributed by atoms with Crippen molar-refractivity contribution in [2.75, 3.05) is 14.1 Å². The smallest absolute Gasteiger partial charge is 0.166 e. The highest BCUT2D eigenvalue weighted by Gasteiger charge is 2.03. The Hall–Kier alpha value is -1.25. The molecule has 0 unspecified atom stereocenters. The molecule has 2 aromatic carbocycles. The summed E-state index contributed by atoms with van der Waals surface area (Å²) in [6, 6.07) is 16.3. The predicted octanol–water partition coefficient (Wildman–Crippen LogP) is 5.82. The van der Waals surface area contributed by atoms with Gasteiger partial charge in [-0.3, -0.25) is 4.31 Å². The van der Waals surface area contributed by atoms with Gasteiger partial charge in [-0.2, -0.15) is 0 Å². The van der Waals surface area contributed by atoms with Crippen LogP contribution < -0.4 is 0 Å². The second kappa shape index (κ2) is 7.55. The Morgan fingerprint density at radius 2 is 1.70 bits per heavy atom. The topological polar surface area (TPSA) is 31.9 Å². The van der Waals surface area contributed by atoms with E-state index in [1.807, 2.05) is 50.5 Å². The van der Waals surface area contributed by atoms with Gasteiger partial charge in [0.25, 0.3) is 0 Å². The van der Waals surface area contributed by atoms with Crippen molar-refractivity contribution in [1.82, 2.24) is 14.3 Å². The molecule has 0 saturated heterocycles. The zero-order chi connectivity index (χ0) is 16.2. The van der Waals surface area contributed by atoms with E-state index in [-0.39, 0.29) is 0 Å². The highest BCUT2D eigenvalue weighted by Crippen LogP contribution is 2.29. The zero-order valence-corrected chi connectivity index (χ0v) is 15.9. The quantitative estimate of drug-likeness (QED) is 0.352. The molecule has 0 spiro atoms. The van der Waals surface area contributed by atoms with Crippen LogP contribution in [-0.2, 0) is 0 Å². The molecule has 0 atom stereocenters. The lowest BCUT2D eigenvalue weighted by atomic mass is 10.3. The molecule has 4 rings (SSSR count). The minimum Gasteiger partial charge on any atom is -0.337 e. The summed E-state index contributed by atoms with van der Waals surface area (Å²) in [6.45, 7) is 0. The molecule has 0 bridgehead atoms. The van der Waals surface area contributed by atoms with E-state index in [2.05, 4.69) is 26.4 Å². The van der Waals surface area contributed by atoms with Gasteiger partial charge in [-0.25, -0.2) is 4.98 Å². The van der Waals surface area contributed by atoms with Crippen molar-refractivity contribution in [3.63, 3.8) is 0 Å². The Labute approximate surface area is 152 Å². The van der Waals surface area contributed by atoms with Gasteiger partial charge in [-0.1, -0.05) is 24.3 Å². The van der Waals surface area contributed by atoms with Crippen LogP contribution in [0.25, 0.3) is 20.4 Å². The molecule has 0 radical (unpaired) electrons. The zero-order valence-electron chi connectivity index (χ0n) is 12.6. The number of nitrogens with one attached hydrogen (secondary N) is 1. The van der Waals surface area contributed by atoms with E-state index in [1.165, 1.54) is 9.40 Å².